The molecule has 0 amide bonds. The molecule has 0 saturated heterocycles. The van der Waals surface area contributed by atoms with Crippen molar-refractivity contribution in [3.8, 4) is 0 Å². The van der Waals surface area contributed by atoms with E-state index in [0.717, 1.165) is 6.42 Å². The Bertz CT molecular complexity index is 870. The fraction of sp³-hybridized carbons (Fsp3) is 0.462. The molecule has 1 atom stereocenters. The van der Waals surface area contributed by atoms with E-state index in [4.69, 9.17) is 19.6 Å². The van der Waals surface area contributed by atoms with Gasteiger partial charge in [-0.15, -0.1) is 9.78 Å². The van der Waals surface area contributed by atoms with Crippen LogP contribution in [0.5, 0.6) is 0 Å². The summed E-state index contributed by atoms with van der Waals surface area (Å²) in [6.07, 6.45) is 0.215. The summed E-state index contributed by atoms with van der Waals surface area (Å²) in [5, 5.41) is 2.49. The van der Waals surface area contributed by atoms with Gasteiger partial charge < -0.3 is 0 Å². The number of carbonyl (C=O) groups excluding carboxylic acids is 2. The smallest absolute Gasteiger partial charge is 0.290 e. The van der Waals surface area contributed by atoms with Gasteiger partial charge in [0, 0.05) is 6.42 Å². The van der Waals surface area contributed by atoms with Crippen LogP contribution in [0.4, 0.5) is 0 Å². The fourth-order valence-corrected chi connectivity index (χ4v) is 5.43. The van der Waals surface area contributed by atoms with Gasteiger partial charge in [0.25, 0.3) is 0 Å². The van der Waals surface area contributed by atoms with Gasteiger partial charge in [0.1, 0.15) is 0 Å². The van der Waals surface area contributed by atoms with Gasteiger partial charge in [-0.1, -0.05) is 94.2 Å². The standard InChI is InChI=1S/C26H38O6Si2/c1-9-19(2)18-24(29-31-25(27)20-10-14-22(15-11-20)33(3,4)5)30-32-26(28)21-12-16-23(17-13-21)34(6,7)8/h10-17,19,24H,9,18H2,1-8H3. The van der Waals surface area contributed by atoms with Crippen LogP contribution < -0.4 is 10.4 Å². The normalized spacial score (nSPS) is 13.0. The fourth-order valence-electron chi connectivity index (χ4n) is 3.09. The van der Waals surface area contributed by atoms with Crippen LogP contribution >= 0.6 is 0 Å². The number of carbonyl (C=O) groups is 2. The van der Waals surface area contributed by atoms with Crippen LogP contribution in [0.1, 0.15) is 47.4 Å². The molecule has 0 aliphatic heterocycles. The van der Waals surface area contributed by atoms with Crippen molar-refractivity contribution < 1.29 is 29.1 Å². The van der Waals surface area contributed by atoms with Crippen molar-refractivity contribution in [1.82, 2.24) is 0 Å². The molecule has 186 valence electrons. The minimum absolute atomic E-state index is 0.203. The molecule has 0 saturated carbocycles. The first-order valence-electron chi connectivity index (χ1n) is 11.8. The highest BCUT2D eigenvalue weighted by atomic mass is 28.3. The summed E-state index contributed by atoms with van der Waals surface area (Å²) >= 11 is 0. The zero-order chi connectivity index (χ0) is 25.5. The van der Waals surface area contributed by atoms with Gasteiger partial charge in [0.2, 0.25) is 6.29 Å². The number of hydrogen-bond acceptors (Lipinski definition) is 6. The Kier molecular flexibility index (Phi) is 9.81. The molecule has 1 unspecified atom stereocenters. The van der Waals surface area contributed by atoms with E-state index in [-0.39, 0.29) is 5.92 Å². The van der Waals surface area contributed by atoms with E-state index in [1.54, 1.807) is 24.3 Å². The Morgan fingerprint density at radius 3 is 1.35 bits per heavy atom. The van der Waals surface area contributed by atoms with Crippen LogP contribution in [-0.2, 0) is 19.6 Å². The first kappa shape index (κ1) is 28.0. The van der Waals surface area contributed by atoms with E-state index in [2.05, 4.69) is 39.3 Å². The summed E-state index contributed by atoms with van der Waals surface area (Å²) in [6.45, 7) is 17.5. The highest BCUT2D eigenvalue weighted by Gasteiger charge is 2.23. The van der Waals surface area contributed by atoms with Gasteiger partial charge in [-0.3, -0.25) is 9.78 Å². The molecule has 0 heterocycles. The molecule has 0 fully saturated rings. The number of rotatable bonds is 11. The maximum absolute atomic E-state index is 12.4. The zero-order valence-electron chi connectivity index (χ0n) is 21.6. The quantitative estimate of drug-likeness (QED) is 0.177. The molecule has 0 spiro atoms. The predicted octanol–water partition coefficient (Wildman–Crippen LogP) is 5.42. The Morgan fingerprint density at radius 2 is 1.06 bits per heavy atom. The van der Waals surface area contributed by atoms with Crippen molar-refractivity contribution in [2.45, 2.75) is 72.3 Å². The molecule has 0 aromatic heterocycles. The van der Waals surface area contributed by atoms with E-state index in [1.165, 1.54) is 10.4 Å². The lowest BCUT2D eigenvalue weighted by Crippen LogP contribution is -2.37. The predicted molar refractivity (Wildman–Crippen MR) is 140 cm³/mol. The van der Waals surface area contributed by atoms with Crippen molar-refractivity contribution in [2.75, 3.05) is 0 Å². The molecule has 0 N–H and O–H groups in total. The summed E-state index contributed by atoms with van der Waals surface area (Å²) in [7, 11) is -2.92. The van der Waals surface area contributed by atoms with E-state index >= 15 is 0 Å². The molecular formula is C26H38O6Si2. The first-order valence-corrected chi connectivity index (χ1v) is 18.8. The molecule has 2 rings (SSSR count). The second kappa shape index (κ2) is 11.9. The topological polar surface area (TPSA) is 71.1 Å². The van der Waals surface area contributed by atoms with Crippen molar-refractivity contribution in [3.63, 3.8) is 0 Å². The van der Waals surface area contributed by atoms with Gasteiger partial charge in [-0.2, -0.15) is 0 Å². The molecule has 8 heteroatoms. The second-order valence-corrected chi connectivity index (χ2v) is 20.9. The van der Waals surface area contributed by atoms with Gasteiger partial charge in [-0.05, 0) is 30.2 Å². The zero-order valence-corrected chi connectivity index (χ0v) is 23.6. The summed E-state index contributed by atoms with van der Waals surface area (Å²) in [5.41, 5.74) is 0.757. The molecule has 0 aliphatic rings. The number of hydrogen-bond donors (Lipinski definition) is 0. The van der Waals surface area contributed by atoms with Crippen molar-refractivity contribution in [1.29, 1.82) is 0 Å². The largest absolute Gasteiger partial charge is 0.373 e. The monoisotopic (exact) mass is 502 g/mol. The lowest BCUT2D eigenvalue weighted by Gasteiger charge is -2.19. The van der Waals surface area contributed by atoms with Crippen molar-refractivity contribution >= 4 is 38.5 Å². The minimum Gasteiger partial charge on any atom is -0.290 e. The van der Waals surface area contributed by atoms with Gasteiger partial charge in [-0.25, -0.2) is 9.59 Å². The Labute approximate surface area is 205 Å². The minimum atomic E-state index is -1.46. The van der Waals surface area contributed by atoms with Crippen molar-refractivity contribution in [3.05, 3.63) is 59.7 Å². The van der Waals surface area contributed by atoms with Crippen LogP contribution in [0.25, 0.3) is 0 Å². The average molecular weight is 503 g/mol. The molecular weight excluding hydrogens is 464 g/mol. The van der Waals surface area contributed by atoms with Crippen LogP contribution in [-0.4, -0.2) is 34.4 Å². The number of benzene rings is 2. The highest BCUT2D eigenvalue weighted by molar-refractivity contribution is 6.89. The Balaban J connectivity index is 1.98. The maximum Gasteiger partial charge on any atom is 0.373 e. The summed E-state index contributed by atoms with van der Waals surface area (Å²) in [6, 6.07) is 14.7. The summed E-state index contributed by atoms with van der Waals surface area (Å²) < 4.78 is 0. The lowest BCUT2D eigenvalue weighted by atomic mass is 10.1. The third kappa shape index (κ3) is 8.50. The van der Waals surface area contributed by atoms with Crippen molar-refractivity contribution in [2.24, 2.45) is 5.92 Å². The summed E-state index contributed by atoms with van der Waals surface area (Å²) in [4.78, 5) is 45.4. The van der Waals surface area contributed by atoms with E-state index < -0.39 is 34.4 Å². The maximum atomic E-state index is 12.4. The highest BCUT2D eigenvalue weighted by Crippen LogP contribution is 2.16. The molecule has 0 radical (unpaired) electrons. The Morgan fingerprint density at radius 1 is 0.706 bits per heavy atom. The molecule has 2 aromatic rings. The molecule has 34 heavy (non-hydrogen) atoms. The molecule has 0 bridgehead atoms. The van der Waals surface area contributed by atoms with Crippen LogP contribution in [0.3, 0.4) is 0 Å². The molecule has 2 aromatic carbocycles. The third-order valence-corrected chi connectivity index (χ3v) is 9.86. The second-order valence-electron chi connectivity index (χ2n) is 10.8. The Hall–Kier alpha value is -2.27. The van der Waals surface area contributed by atoms with Crippen LogP contribution in [0, 0.1) is 5.92 Å². The molecule has 0 aliphatic carbocycles. The van der Waals surface area contributed by atoms with Gasteiger partial charge in [0.05, 0.1) is 27.3 Å². The van der Waals surface area contributed by atoms with E-state index in [9.17, 15) is 9.59 Å². The van der Waals surface area contributed by atoms with E-state index in [1.807, 2.05) is 38.1 Å². The summed E-state index contributed by atoms with van der Waals surface area (Å²) in [5.74, 6) is -1.06. The van der Waals surface area contributed by atoms with Gasteiger partial charge >= 0.3 is 11.9 Å². The third-order valence-electron chi connectivity index (χ3n) is 5.73. The average Bonchev–Trinajstić information content (AvgIpc) is 2.79. The van der Waals surface area contributed by atoms with Crippen LogP contribution in [0.2, 0.25) is 39.3 Å². The van der Waals surface area contributed by atoms with Crippen LogP contribution in [0.15, 0.2) is 48.5 Å². The first-order chi connectivity index (χ1) is 15.8. The lowest BCUT2D eigenvalue weighted by molar-refractivity contribution is -0.423. The van der Waals surface area contributed by atoms with E-state index in [0.29, 0.717) is 17.5 Å². The molecule has 6 nitrogen and oxygen atoms in total. The van der Waals surface area contributed by atoms with Gasteiger partial charge in [0.15, 0.2) is 0 Å². The SMILES string of the molecule is CCC(C)CC(OOC(=O)c1ccc([Si](C)(C)C)cc1)OOC(=O)c1ccc([Si](C)(C)C)cc1.